The second kappa shape index (κ2) is 5.27. The Morgan fingerprint density at radius 3 is 2.48 bits per heavy atom. The lowest BCUT2D eigenvalue weighted by atomic mass is 9.99. The molecule has 0 radical (unpaired) electrons. The van der Waals surface area contributed by atoms with Crippen molar-refractivity contribution >= 4 is 27.5 Å². The van der Waals surface area contributed by atoms with Gasteiger partial charge >= 0.3 is 6.18 Å². The van der Waals surface area contributed by atoms with Crippen LogP contribution in [0.4, 0.5) is 13.2 Å². The van der Waals surface area contributed by atoms with Gasteiger partial charge in [0.2, 0.25) is 11.5 Å². The molecule has 1 heterocycles. The lowest BCUT2D eigenvalue weighted by molar-refractivity contribution is -0.268. The van der Waals surface area contributed by atoms with Crippen LogP contribution in [0.2, 0.25) is 0 Å². The molecule has 1 N–H and O–H groups in total. The van der Waals surface area contributed by atoms with Gasteiger partial charge in [0, 0.05) is 14.1 Å². The number of halogens is 3. The van der Waals surface area contributed by atoms with Crippen LogP contribution < -0.4 is 0 Å². The number of benzene rings is 1. The topological polar surface area (TPSA) is 53.4 Å². The molecule has 1 amide bonds. The molecular weight excluding hydrogens is 305 g/mol. The standard InChI is InChI=1S/C13H13F3N2O2S/c1-18(2)10(19)7-12(20,13(14,15)16)11-17-8-5-3-4-6-9(8)21-11/h3-6,20H,7H2,1-2H3. The maximum absolute atomic E-state index is 13.3. The number of rotatable bonds is 3. The van der Waals surface area contributed by atoms with Gasteiger partial charge in [0.05, 0.1) is 16.6 Å². The molecule has 114 valence electrons. The zero-order valence-corrected chi connectivity index (χ0v) is 12.1. The molecule has 1 atom stereocenters. The van der Waals surface area contributed by atoms with E-state index < -0.39 is 29.1 Å². The first-order valence-corrected chi connectivity index (χ1v) is 6.82. The van der Waals surface area contributed by atoms with Crippen LogP contribution in [0, 0.1) is 0 Å². The van der Waals surface area contributed by atoms with E-state index in [1.54, 1.807) is 24.3 Å². The number of nitrogens with zero attached hydrogens (tertiary/aromatic N) is 2. The third-order valence-electron chi connectivity index (χ3n) is 3.02. The van der Waals surface area contributed by atoms with Crippen LogP contribution in [0.25, 0.3) is 10.2 Å². The predicted octanol–water partition coefficient (Wildman–Crippen LogP) is 2.52. The van der Waals surface area contributed by atoms with Crippen molar-refractivity contribution < 1.29 is 23.1 Å². The van der Waals surface area contributed by atoms with E-state index in [1.165, 1.54) is 14.1 Å². The van der Waals surface area contributed by atoms with Gasteiger partial charge in [-0.05, 0) is 12.1 Å². The fourth-order valence-corrected chi connectivity index (χ4v) is 2.80. The van der Waals surface area contributed by atoms with Gasteiger partial charge in [0.25, 0.3) is 0 Å². The maximum atomic E-state index is 13.3. The van der Waals surface area contributed by atoms with Crippen LogP contribution in [-0.4, -0.2) is 41.2 Å². The molecule has 8 heteroatoms. The monoisotopic (exact) mass is 318 g/mol. The van der Waals surface area contributed by atoms with Crippen LogP contribution in [-0.2, 0) is 10.4 Å². The summed E-state index contributed by atoms with van der Waals surface area (Å²) in [5.41, 5.74) is -2.92. The first-order chi connectivity index (χ1) is 9.65. The van der Waals surface area contributed by atoms with Crippen molar-refractivity contribution in [1.82, 2.24) is 9.88 Å². The van der Waals surface area contributed by atoms with Crippen LogP contribution in [0.15, 0.2) is 24.3 Å². The predicted molar refractivity (Wildman–Crippen MR) is 72.9 cm³/mol. The molecule has 0 saturated carbocycles. The minimum Gasteiger partial charge on any atom is -0.374 e. The van der Waals surface area contributed by atoms with Gasteiger partial charge < -0.3 is 10.0 Å². The Morgan fingerprint density at radius 2 is 1.95 bits per heavy atom. The van der Waals surface area contributed by atoms with Crippen molar-refractivity contribution in [2.24, 2.45) is 0 Å². The van der Waals surface area contributed by atoms with Crippen LogP contribution >= 0.6 is 11.3 Å². The molecule has 4 nitrogen and oxygen atoms in total. The Kier molecular flexibility index (Phi) is 3.94. The van der Waals surface area contributed by atoms with Crippen molar-refractivity contribution in [2.75, 3.05) is 14.1 Å². The second-order valence-electron chi connectivity index (χ2n) is 4.81. The third-order valence-corrected chi connectivity index (χ3v) is 4.21. The number of hydrogen-bond acceptors (Lipinski definition) is 4. The number of carbonyl (C=O) groups is 1. The van der Waals surface area contributed by atoms with Gasteiger partial charge in [-0.3, -0.25) is 4.79 Å². The highest BCUT2D eigenvalue weighted by Gasteiger charge is 2.58. The van der Waals surface area contributed by atoms with Crippen molar-refractivity contribution in [3.05, 3.63) is 29.3 Å². The molecule has 1 aromatic heterocycles. The van der Waals surface area contributed by atoms with Crippen molar-refractivity contribution in [2.45, 2.75) is 18.2 Å². The Morgan fingerprint density at radius 1 is 1.33 bits per heavy atom. The molecule has 2 rings (SSSR count). The Labute approximate surface area is 122 Å². The van der Waals surface area contributed by atoms with E-state index in [0.29, 0.717) is 10.2 Å². The van der Waals surface area contributed by atoms with E-state index >= 15 is 0 Å². The zero-order valence-electron chi connectivity index (χ0n) is 11.3. The number of para-hydroxylation sites is 1. The highest BCUT2D eigenvalue weighted by molar-refractivity contribution is 7.18. The normalized spacial score (nSPS) is 15.0. The van der Waals surface area contributed by atoms with E-state index in [0.717, 1.165) is 16.2 Å². The molecule has 0 aliphatic carbocycles. The first kappa shape index (κ1) is 15.7. The Balaban J connectivity index is 2.51. The van der Waals surface area contributed by atoms with Crippen LogP contribution in [0.1, 0.15) is 11.4 Å². The molecule has 0 aliphatic heterocycles. The third kappa shape index (κ3) is 2.86. The quantitative estimate of drug-likeness (QED) is 0.946. The molecule has 0 spiro atoms. The number of aliphatic hydroxyl groups is 1. The minimum atomic E-state index is -4.99. The summed E-state index contributed by atoms with van der Waals surface area (Å²) in [7, 11) is 2.66. The maximum Gasteiger partial charge on any atom is 0.424 e. The Bertz CT molecular complexity index is 636. The summed E-state index contributed by atoms with van der Waals surface area (Å²) in [6.07, 6.45) is -6.09. The SMILES string of the molecule is CN(C)C(=O)CC(O)(c1nc2ccccc2s1)C(F)(F)F. The summed E-state index contributed by atoms with van der Waals surface area (Å²) in [4.78, 5) is 16.5. The molecule has 0 saturated heterocycles. The average molecular weight is 318 g/mol. The van der Waals surface area contributed by atoms with Crippen LogP contribution in [0.5, 0.6) is 0 Å². The summed E-state index contributed by atoms with van der Waals surface area (Å²) in [5, 5.41) is 9.59. The van der Waals surface area contributed by atoms with E-state index in [4.69, 9.17) is 0 Å². The zero-order chi connectivity index (χ0) is 15.8. The number of carbonyl (C=O) groups excluding carboxylic acids is 1. The van der Waals surface area contributed by atoms with Crippen molar-refractivity contribution in [1.29, 1.82) is 0 Å². The molecule has 0 bridgehead atoms. The van der Waals surface area contributed by atoms with Crippen molar-refractivity contribution in [3.63, 3.8) is 0 Å². The highest BCUT2D eigenvalue weighted by atomic mass is 32.1. The number of thiazole rings is 1. The highest BCUT2D eigenvalue weighted by Crippen LogP contribution is 2.44. The van der Waals surface area contributed by atoms with Crippen molar-refractivity contribution in [3.8, 4) is 0 Å². The molecule has 2 aromatic rings. The van der Waals surface area contributed by atoms with Gasteiger partial charge in [-0.25, -0.2) is 4.98 Å². The molecule has 1 aromatic carbocycles. The molecule has 0 fully saturated rings. The average Bonchev–Trinajstić information content (AvgIpc) is 2.81. The van der Waals surface area contributed by atoms with Gasteiger partial charge in [-0.2, -0.15) is 13.2 Å². The number of hydrogen-bond donors (Lipinski definition) is 1. The van der Waals surface area contributed by atoms with Gasteiger partial charge in [0.1, 0.15) is 5.01 Å². The molecular formula is C13H13F3N2O2S. The number of fused-ring (bicyclic) bond motifs is 1. The van der Waals surface area contributed by atoms with E-state index in [-0.39, 0.29) is 0 Å². The van der Waals surface area contributed by atoms with Gasteiger partial charge in [-0.1, -0.05) is 12.1 Å². The summed E-state index contributed by atoms with van der Waals surface area (Å²) in [5.74, 6) is -0.825. The largest absolute Gasteiger partial charge is 0.424 e. The fraction of sp³-hybridized carbons (Fsp3) is 0.385. The number of aromatic nitrogens is 1. The van der Waals surface area contributed by atoms with E-state index in [2.05, 4.69) is 4.98 Å². The van der Waals surface area contributed by atoms with E-state index in [1.807, 2.05) is 0 Å². The molecule has 0 aliphatic rings. The van der Waals surface area contributed by atoms with E-state index in [9.17, 15) is 23.1 Å². The summed E-state index contributed by atoms with van der Waals surface area (Å²) >= 11 is 0.733. The number of amides is 1. The summed E-state index contributed by atoms with van der Waals surface area (Å²) in [6, 6.07) is 6.48. The lowest BCUT2D eigenvalue weighted by Gasteiger charge is -2.28. The Hall–Kier alpha value is -1.67. The van der Waals surface area contributed by atoms with Gasteiger partial charge in [-0.15, -0.1) is 11.3 Å². The molecule has 1 unspecified atom stereocenters. The van der Waals surface area contributed by atoms with Gasteiger partial charge in [0.15, 0.2) is 0 Å². The molecule has 21 heavy (non-hydrogen) atoms. The fourth-order valence-electron chi connectivity index (χ4n) is 1.72. The van der Waals surface area contributed by atoms with Crippen LogP contribution in [0.3, 0.4) is 0 Å². The minimum absolute atomic E-state index is 0.359. The number of alkyl halides is 3. The second-order valence-corrected chi connectivity index (χ2v) is 5.84. The smallest absolute Gasteiger partial charge is 0.374 e. The summed E-state index contributed by atoms with van der Waals surface area (Å²) < 4.78 is 40.4. The summed E-state index contributed by atoms with van der Waals surface area (Å²) in [6.45, 7) is 0. The lowest BCUT2D eigenvalue weighted by Crippen LogP contribution is -2.46. The first-order valence-electron chi connectivity index (χ1n) is 6.00.